The number of hydrogen-bond donors (Lipinski definition) is 0. The Kier molecular flexibility index (Phi) is 6.66. The van der Waals surface area contributed by atoms with Gasteiger partial charge in [-0.15, -0.1) is 5.92 Å². The van der Waals surface area contributed by atoms with Crippen LogP contribution in [0.1, 0.15) is 45.1 Å². The van der Waals surface area contributed by atoms with E-state index in [1.54, 1.807) is 6.92 Å². The van der Waals surface area contributed by atoms with Gasteiger partial charge in [0.05, 0.1) is 25.6 Å². The third-order valence-electron chi connectivity index (χ3n) is 3.11. The van der Waals surface area contributed by atoms with Gasteiger partial charge < -0.3 is 9.47 Å². The summed E-state index contributed by atoms with van der Waals surface area (Å²) in [6, 6.07) is 7.75. The summed E-state index contributed by atoms with van der Waals surface area (Å²) in [4.78, 5) is 11.4. The van der Waals surface area contributed by atoms with E-state index in [1.807, 2.05) is 31.2 Å². The van der Waals surface area contributed by atoms with Crippen LogP contribution in [-0.4, -0.2) is 19.2 Å². The van der Waals surface area contributed by atoms with Gasteiger partial charge in [-0.05, 0) is 38.0 Å². The lowest BCUT2D eigenvalue weighted by Crippen LogP contribution is -2.10. The third kappa shape index (κ3) is 4.97. The number of carbonyl (C=O) groups excluding carboxylic acids is 1. The normalized spacial score (nSPS) is 12.8. The van der Waals surface area contributed by atoms with Gasteiger partial charge in [0.1, 0.15) is 5.75 Å². The van der Waals surface area contributed by atoms with Crippen LogP contribution in [-0.2, 0) is 9.53 Å². The summed E-state index contributed by atoms with van der Waals surface area (Å²) < 4.78 is 10.4. The van der Waals surface area contributed by atoms with Gasteiger partial charge in [0, 0.05) is 0 Å². The van der Waals surface area contributed by atoms with E-state index in [9.17, 15) is 4.79 Å². The molecule has 0 radical (unpaired) electrons. The Morgan fingerprint density at radius 2 is 1.95 bits per heavy atom. The highest BCUT2D eigenvalue weighted by atomic mass is 16.5. The van der Waals surface area contributed by atoms with Crippen molar-refractivity contribution in [1.29, 1.82) is 0 Å². The standard InChI is InChI=1S/C17H22O3/c1-5-7-15(12-17(18)19-4)14-8-10-16(11-9-14)20-13(3)6-2/h8-11,13,15H,6,12H2,1-4H3. The van der Waals surface area contributed by atoms with Gasteiger partial charge in [-0.25, -0.2) is 0 Å². The maximum atomic E-state index is 11.4. The molecule has 3 nitrogen and oxygen atoms in total. The first kappa shape index (κ1) is 16.1. The van der Waals surface area contributed by atoms with Gasteiger partial charge in [-0.3, -0.25) is 4.79 Å². The highest BCUT2D eigenvalue weighted by Gasteiger charge is 2.14. The molecule has 0 saturated heterocycles. The van der Waals surface area contributed by atoms with Crippen molar-refractivity contribution < 1.29 is 14.3 Å². The maximum Gasteiger partial charge on any atom is 0.307 e. The fraction of sp³-hybridized carbons (Fsp3) is 0.471. The summed E-state index contributed by atoms with van der Waals surface area (Å²) in [6.45, 7) is 5.89. The molecule has 108 valence electrons. The van der Waals surface area contributed by atoms with Crippen molar-refractivity contribution >= 4 is 5.97 Å². The van der Waals surface area contributed by atoms with E-state index in [4.69, 9.17) is 9.47 Å². The van der Waals surface area contributed by atoms with Crippen molar-refractivity contribution in [3.63, 3.8) is 0 Å². The third-order valence-corrected chi connectivity index (χ3v) is 3.11. The summed E-state index contributed by atoms with van der Waals surface area (Å²) in [5.74, 6) is 6.36. The minimum Gasteiger partial charge on any atom is -0.491 e. The van der Waals surface area contributed by atoms with Gasteiger partial charge in [0.25, 0.3) is 0 Å². The lowest BCUT2D eigenvalue weighted by molar-refractivity contribution is -0.140. The molecule has 1 aromatic carbocycles. The van der Waals surface area contributed by atoms with E-state index >= 15 is 0 Å². The Labute approximate surface area is 121 Å². The molecule has 2 atom stereocenters. The first-order valence-corrected chi connectivity index (χ1v) is 6.86. The van der Waals surface area contributed by atoms with Crippen molar-refractivity contribution in [2.45, 2.75) is 45.6 Å². The quantitative estimate of drug-likeness (QED) is 0.588. The Balaban J connectivity index is 2.81. The summed E-state index contributed by atoms with van der Waals surface area (Å²) >= 11 is 0. The van der Waals surface area contributed by atoms with E-state index in [0.717, 1.165) is 17.7 Å². The lowest BCUT2D eigenvalue weighted by Gasteiger charge is -2.14. The number of methoxy groups -OCH3 is 1. The second kappa shape index (κ2) is 8.27. The predicted octanol–water partition coefficient (Wildman–Crippen LogP) is 3.53. The molecule has 1 aromatic rings. The van der Waals surface area contributed by atoms with Gasteiger partial charge in [-0.2, -0.15) is 0 Å². The Bertz CT molecular complexity index is 479. The molecule has 20 heavy (non-hydrogen) atoms. The molecule has 0 bridgehead atoms. The predicted molar refractivity (Wildman–Crippen MR) is 79.6 cm³/mol. The Morgan fingerprint density at radius 3 is 2.45 bits per heavy atom. The summed E-state index contributed by atoms with van der Waals surface area (Å²) in [5.41, 5.74) is 1.00. The van der Waals surface area contributed by atoms with Crippen LogP contribution in [0.4, 0.5) is 0 Å². The van der Waals surface area contributed by atoms with Gasteiger partial charge in [0.15, 0.2) is 0 Å². The van der Waals surface area contributed by atoms with Crippen LogP contribution < -0.4 is 4.74 Å². The molecule has 0 aromatic heterocycles. The van der Waals surface area contributed by atoms with Crippen LogP contribution in [0.3, 0.4) is 0 Å². The zero-order valence-electron chi connectivity index (χ0n) is 12.6. The Morgan fingerprint density at radius 1 is 1.30 bits per heavy atom. The first-order valence-electron chi connectivity index (χ1n) is 6.86. The summed E-state index contributed by atoms with van der Waals surface area (Å²) in [6.07, 6.45) is 1.43. The van der Waals surface area contributed by atoms with Crippen molar-refractivity contribution in [3.05, 3.63) is 29.8 Å². The van der Waals surface area contributed by atoms with Gasteiger partial charge in [-0.1, -0.05) is 25.0 Å². The average Bonchev–Trinajstić information content (AvgIpc) is 2.47. The van der Waals surface area contributed by atoms with Crippen LogP contribution in [0.15, 0.2) is 24.3 Å². The zero-order valence-corrected chi connectivity index (χ0v) is 12.6. The molecule has 1 rings (SSSR count). The van der Waals surface area contributed by atoms with Crippen molar-refractivity contribution in [3.8, 4) is 17.6 Å². The molecule has 0 spiro atoms. The van der Waals surface area contributed by atoms with Gasteiger partial charge >= 0.3 is 5.97 Å². The molecule has 0 saturated carbocycles. The zero-order chi connectivity index (χ0) is 15.0. The molecular formula is C17H22O3. The molecule has 0 heterocycles. The van der Waals surface area contributed by atoms with E-state index in [2.05, 4.69) is 18.8 Å². The number of carbonyl (C=O) groups is 1. The number of rotatable bonds is 6. The molecule has 0 aliphatic rings. The van der Waals surface area contributed by atoms with Crippen LogP contribution in [0.5, 0.6) is 5.75 Å². The molecule has 0 fully saturated rings. The van der Waals surface area contributed by atoms with E-state index in [-0.39, 0.29) is 24.4 Å². The monoisotopic (exact) mass is 274 g/mol. The van der Waals surface area contributed by atoms with Gasteiger partial charge in [0.2, 0.25) is 0 Å². The number of ether oxygens (including phenoxy) is 2. The SMILES string of the molecule is CC#CC(CC(=O)OC)c1ccc(OC(C)CC)cc1. The minimum atomic E-state index is -0.252. The molecule has 0 aliphatic heterocycles. The fourth-order valence-electron chi connectivity index (χ4n) is 1.77. The fourth-order valence-corrected chi connectivity index (χ4v) is 1.77. The number of benzene rings is 1. The van der Waals surface area contributed by atoms with Crippen LogP contribution >= 0.6 is 0 Å². The topological polar surface area (TPSA) is 35.5 Å². The molecule has 0 N–H and O–H groups in total. The molecular weight excluding hydrogens is 252 g/mol. The smallest absolute Gasteiger partial charge is 0.307 e. The maximum absolute atomic E-state index is 11.4. The lowest BCUT2D eigenvalue weighted by atomic mass is 9.96. The van der Waals surface area contributed by atoms with Crippen LogP contribution in [0.2, 0.25) is 0 Å². The first-order chi connectivity index (χ1) is 9.60. The second-order valence-electron chi connectivity index (χ2n) is 4.63. The van der Waals surface area contributed by atoms with Crippen molar-refractivity contribution in [2.75, 3.05) is 7.11 Å². The van der Waals surface area contributed by atoms with Crippen molar-refractivity contribution in [1.82, 2.24) is 0 Å². The summed E-state index contributed by atoms with van der Waals surface area (Å²) in [5, 5.41) is 0. The summed E-state index contributed by atoms with van der Waals surface area (Å²) in [7, 11) is 1.39. The van der Waals surface area contributed by atoms with E-state index in [0.29, 0.717) is 0 Å². The largest absolute Gasteiger partial charge is 0.491 e. The molecule has 0 amide bonds. The number of hydrogen-bond acceptors (Lipinski definition) is 3. The number of esters is 1. The van der Waals surface area contributed by atoms with Crippen molar-refractivity contribution in [2.24, 2.45) is 0 Å². The molecule has 0 aliphatic carbocycles. The molecule has 3 heteroatoms. The highest BCUT2D eigenvalue weighted by molar-refractivity contribution is 5.71. The van der Waals surface area contributed by atoms with E-state index < -0.39 is 0 Å². The van der Waals surface area contributed by atoms with E-state index in [1.165, 1.54) is 7.11 Å². The molecule has 2 unspecified atom stereocenters. The van der Waals surface area contributed by atoms with Crippen LogP contribution in [0, 0.1) is 11.8 Å². The minimum absolute atomic E-state index is 0.134. The van der Waals surface area contributed by atoms with Crippen LogP contribution in [0.25, 0.3) is 0 Å². The Hall–Kier alpha value is -1.95. The average molecular weight is 274 g/mol. The highest BCUT2D eigenvalue weighted by Crippen LogP contribution is 2.23. The second-order valence-corrected chi connectivity index (χ2v) is 4.63.